The number of nitrogens with one attached hydrogen (secondary N) is 2. The van der Waals surface area contributed by atoms with E-state index in [1.165, 1.54) is 11.1 Å². The number of pyridine rings is 1. The molecule has 0 aliphatic heterocycles. The van der Waals surface area contributed by atoms with E-state index in [0.717, 1.165) is 17.6 Å². The van der Waals surface area contributed by atoms with Gasteiger partial charge in [-0.1, -0.05) is 12.1 Å². The molecule has 0 amide bonds. The van der Waals surface area contributed by atoms with E-state index >= 15 is 0 Å². The van der Waals surface area contributed by atoms with Crippen LogP contribution in [0.15, 0.2) is 49.1 Å². The Hall–Kier alpha value is -2.20. The van der Waals surface area contributed by atoms with Gasteiger partial charge in [-0.2, -0.15) is 0 Å². The van der Waals surface area contributed by atoms with E-state index in [4.69, 9.17) is 0 Å². The summed E-state index contributed by atoms with van der Waals surface area (Å²) in [4.78, 5) is 11.6. The van der Waals surface area contributed by atoms with Gasteiger partial charge in [0, 0.05) is 24.9 Å². The third-order valence-corrected chi connectivity index (χ3v) is 3.34. The second-order valence-corrected chi connectivity index (χ2v) is 4.58. The van der Waals surface area contributed by atoms with Gasteiger partial charge in [-0.3, -0.25) is 4.98 Å². The van der Waals surface area contributed by atoms with Gasteiger partial charge in [0.05, 0.1) is 17.4 Å². The lowest BCUT2D eigenvalue weighted by Crippen LogP contribution is -2.18. The summed E-state index contributed by atoms with van der Waals surface area (Å²) in [5.41, 5.74) is 4.55. The molecule has 19 heavy (non-hydrogen) atoms. The van der Waals surface area contributed by atoms with E-state index in [-0.39, 0.29) is 0 Å². The van der Waals surface area contributed by atoms with E-state index in [0.29, 0.717) is 5.92 Å². The van der Waals surface area contributed by atoms with Crippen LogP contribution in [0.1, 0.15) is 17.0 Å². The summed E-state index contributed by atoms with van der Waals surface area (Å²) in [7, 11) is 1.97. The minimum atomic E-state index is 0.298. The molecule has 1 aromatic carbocycles. The molecule has 0 spiro atoms. The number of benzene rings is 1. The van der Waals surface area contributed by atoms with Crippen LogP contribution in [0.25, 0.3) is 11.0 Å². The van der Waals surface area contributed by atoms with Crippen LogP contribution >= 0.6 is 0 Å². The number of nitrogens with zero attached hydrogens (tertiary/aromatic N) is 2. The zero-order valence-electron chi connectivity index (χ0n) is 10.8. The number of rotatable bonds is 4. The molecular weight excluding hydrogens is 236 g/mol. The average Bonchev–Trinajstić information content (AvgIpc) is 2.93. The lowest BCUT2D eigenvalue weighted by atomic mass is 9.92. The molecule has 1 unspecified atom stereocenters. The van der Waals surface area contributed by atoms with E-state index in [2.05, 4.69) is 44.5 Å². The molecule has 0 radical (unpaired) electrons. The van der Waals surface area contributed by atoms with Gasteiger partial charge in [0.25, 0.3) is 0 Å². The molecule has 3 rings (SSSR count). The number of hydrogen-bond acceptors (Lipinski definition) is 3. The van der Waals surface area contributed by atoms with Crippen molar-refractivity contribution in [1.29, 1.82) is 0 Å². The van der Waals surface area contributed by atoms with Gasteiger partial charge >= 0.3 is 0 Å². The van der Waals surface area contributed by atoms with Crippen LogP contribution in [0.2, 0.25) is 0 Å². The molecule has 4 nitrogen and oxygen atoms in total. The highest BCUT2D eigenvalue weighted by Gasteiger charge is 2.14. The lowest BCUT2D eigenvalue weighted by molar-refractivity contribution is 0.706. The van der Waals surface area contributed by atoms with Crippen molar-refractivity contribution in [3.63, 3.8) is 0 Å². The van der Waals surface area contributed by atoms with Gasteiger partial charge in [-0.05, 0) is 36.4 Å². The van der Waals surface area contributed by atoms with E-state index in [1.54, 1.807) is 12.5 Å². The smallest absolute Gasteiger partial charge is 0.0931 e. The third-order valence-electron chi connectivity index (χ3n) is 3.34. The van der Waals surface area contributed by atoms with Crippen molar-refractivity contribution in [3.8, 4) is 0 Å². The van der Waals surface area contributed by atoms with Crippen molar-refractivity contribution >= 4 is 11.0 Å². The van der Waals surface area contributed by atoms with Crippen LogP contribution < -0.4 is 5.32 Å². The van der Waals surface area contributed by atoms with Gasteiger partial charge in [-0.15, -0.1) is 0 Å². The minimum Gasteiger partial charge on any atom is -0.345 e. The van der Waals surface area contributed by atoms with Crippen LogP contribution in [-0.2, 0) is 0 Å². The number of likely N-dealkylation sites (N-methyl/N-ethyl adjacent to an activating group) is 1. The van der Waals surface area contributed by atoms with Crippen molar-refractivity contribution in [2.75, 3.05) is 13.6 Å². The molecule has 96 valence electrons. The molecule has 0 bridgehead atoms. The summed E-state index contributed by atoms with van der Waals surface area (Å²) in [6.45, 7) is 0.880. The SMILES string of the molecule is CNCC(c1cccnc1)c1ccc2nc[nH]c2c1. The molecular formula is C15H16N4. The number of fused-ring (bicyclic) bond motifs is 1. The standard InChI is InChI=1S/C15H16N4/c1-16-9-13(12-3-2-6-17-8-12)11-4-5-14-15(7-11)19-10-18-14/h2-8,10,13,16H,9H2,1H3,(H,18,19). The van der Waals surface area contributed by atoms with Gasteiger partial charge < -0.3 is 10.3 Å². The van der Waals surface area contributed by atoms with Gasteiger partial charge in [0.15, 0.2) is 0 Å². The van der Waals surface area contributed by atoms with Crippen LogP contribution in [0.5, 0.6) is 0 Å². The number of hydrogen-bond donors (Lipinski definition) is 2. The average molecular weight is 252 g/mol. The van der Waals surface area contributed by atoms with Crippen molar-refractivity contribution in [3.05, 3.63) is 60.2 Å². The van der Waals surface area contributed by atoms with Crippen molar-refractivity contribution in [2.24, 2.45) is 0 Å². The molecule has 0 saturated heterocycles. The Kier molecular flexibility index (Phi) is 3.25. The molecule has 0 fully saturated rings. The fraction of sp³-hybridized carbons (Fsp3) is 0.200. The van der Waals surface area contributed by atoms with Crippen LogP contribution in [0.3, 0.4) is 0 Å². The fourth-order valence-electron chi connectivity index (χ4n) is 2.38. The van der Waals surface area contributed by atoms with Gasteiger partial charge in [0.2, 0.25) is 0 Å². The van der Waals surface area contributed by atoms with E-state index in [9.17, 15) is 0 Å². The topological polar surface area (TPSA) is 53.6 Å². The Morgan fingerprint density at radius 3 is 3.00 bits per heavy atom. The van der Waals surface area contributed by atoms with Gasteiger partial charge in [0.1, 0.15) is 0 Å². The molecule has 2 heterocycles. The third kappa shape index (κ3) is 2.35. The van der Waals surface area contributed by atoms with Crippen molar-refractivity contribution < 1.29 is 0 Å². The first kappa shape index (κ1) is 11.9. The van der Waals surface area contributed by atoms with Crippen molar-refractivity contribution in [1.82, 2.24) is 20.3 Å². The first-order valence-electron chi connectivity index (χ1n) is 6.36. The predicted molar refractivity (Wildman–Crippen MR) is 76.1 cm³/mol. The second-order valence-electron chi connectivity index (χ2n) is 4.58. The molecule has 4 heteroatoms. The Morgan fingerprint density at radius 2 is 2.21 bits per heavy atom. The molecule has 0 aliphatic carbocycles. The summed E-state index contributed by atoms with van der Waals surface area (Å²) in [5, 5.41) is 3.25. The maximum atomic E-state index is 4.25. The number of imidazole rings is 1. The highest BCUT2D eigenvalue weighted by Crippen LogP contribution is 2.25. The quantitative estimate of drug-likeness (QED) is 0.749. The van der Waals surface area contributed by atoms with Crippen LogP contribution in [-0.4, -0.2) is 28.5 Å². The predicted octanol–water partition coefficient (Wildman–Crippen LogP) is 2.31. The highest BCUT2D eigenvalue weighted by atomic mass is 14.9. The minimum absolute atomic E-state index is 0.298. The number of H-pyrrole nitrogens is 1. The van der Waals surface area contributed by atoms with Crippen LogP contribution in [0.4, 0.5) is 0 Å². The van der Waals surface area contributed by atoms with Gasteiger partial charge in [-0.25, -0.2) is 4.98 Å². The maximum Gasteiger partial charge on any atom is 0.0931 e. The summed E-state index contributed by atoms with van der Waals surface area (Å²) in [5.74, 6) is 0.298. The number of aromatic nitrogens is 3. The summed E-state index contributed by atoms with van der Waals surface area (Å²) in [6.07, 6.45) is 5.46. The molecule has 2 N–H and O–H groups in total. The second kappa shape index (κ2) is 5.20. The number of aromatic amines is 1. The molecule has 0 saturated carbocycles. The van der Waals surface area contributed by atoms with E-state index in [1.807, 2.05) is 19.3 Å². The molecule has 1 atom stereocenters. The molecule has 3 aromatic rings. The van der Waals surface area contributed by atoms with Crippen LogP contribution in [0, 0.1) is 0 Å². The first-order chi connectivity index (χ1) is 9.38. The summed E-state index contributed by atoms with van der Waals surface area (Å²) >= 11 is 0. The monoisotopic (exact) mass is 252 g/mol. The highest BCUT2D eigenvalue weighted by molar-refractivity contribution is 5.75. The fourth-order valence-corrected chi connectivity index (χ4v) is 2.38. The Bertz CT molecular complexity index is 660. The largest absolute Gasteiger partial charge is 0.345 e. The zero-order valence-corrected chi connectivity index (χ0v) is 10.8. The summed E-state index contributed by atoms with van der Waals surface area (Å²) in [6, 6.07) is 10.5. The van der Waals surface area contributed by atoms with E-state index < -0.39 is 0 Å². The zero-order chi connectivity index (χ0) is 13.1. The Labute approximate surface area is 111 Å². The lowest BCUT2D eigenvalue weighted by Gasteiger charge is -2.17. The summed E-state index contributed by atoms with van der Waals surface area (Å²) < 4.78 is 0. The molecule has 2 aromatic heterocycles. The first-order valence-corrected chi connectivity index (χ1v) is 6.36. The Balaban J connectivity index is 2.03. The van der Waals surface area contributed by atoms with Crippen molar-refractivity contribution in [2.45, 2.75) is 5.92 Å². The molecule has 0 aliphatic rings. The normalized spacial score (nSPS) is 12.7. The maximum absolute atomic E-state index is 4.25. The Morgan fingerprint density at radius 1 is 1.26 bits per heavy atom.